The van der Waals surface area contributed by atoms with Gasteiger partial charge in [0.15, 0.2) is 0 Å². The smallest absolute Gasteiger partial charge is 0.256 e. The molecule has 136 valence electrons. The highest BCUT2D eigenvalue weighted by molar-refractivity contribution is 6.02. The summed E-state index contributed by atoms with van der Waals surface area (Å²) in [6, 6.07) is 1.59. The third kappa shape index (κ3) is 3.04. The number of hydrogen-bond acceptors (Lipinski definition) is 4. The molecule has 6 heteroatoms. The van der Waals surface area contributed by atoms with Crippen molar-refractivity contribution in [2.24, 2.45) is 5.92 Å². The minimum atomic E-state index is -0.0395. The Labute approximate surface area is 152 Å². The van der Waals surface area contributed by atoms with Crippen molar-refractivity contribution < 1.29 is 4.79 Å². The van der Waals surface area contributed by atoms with E-state index in [0.717, 1.165) is 56.5 Å². The van der Waals surface area contributed by atoms with Crippen LogP contribution in [0.15, 0.2) is 29.6 Å². The monoisotopic (exact) mass is 352 g/mol. The lowest BCUT2D eigenvalue weighted by atomic mass is 9.93. The van der Waals surface area contributed by atoms with Gasteiger partial charge in [0, 0.05) is 54.9 Å². The van der Waals surface area contributed by atoms with Gasteiger partial charge in [-0.05, 0) is 38.0 Å². The number of hydrogen-bond donors (Lipinski definition) is 0. The average molecular weight is 352 g/mol. The van der Waals surface area contributed by atoms with Gasteiger partial charge in [-0.3, -0.25) is 9.59 Å². The molecule has 1 saturated heterocycles. The van der Waals surface area contributed by atoms with E-state index in [2.05, 4.69) is 16.9 Å². The SMILES string of the molecule is CC1CCN(C(=O)c2c(-c3cncnc3)cc(=O)n3c2CCCC3)CC1. The summed E-state index contributed by atoms with van der Waals surface area (Å²) in [5.41, 5.74) is 2.92. The van der Waals surface area contributed by atoms with Crippen LogP contribution in [0.4, 0.5) is 0 Å². The van der Waals surface area contributed by atoms with Crippen LogP contribution in [0.3, 0.4) is 0 Å². The molecule has 0 aliphatic carbocycles. The Morgan fingerprint density at radius 1 is 1.12 bits per heavy atom. The van der Waals surface area contributed by atoms with E-state index in [9.17, 15) is 9.59 Å². The molecule has 0 saturated carbocycles. The van der Waals surface area contributed by atoms with Gasteiger partial charge >= 0.3 is 0 Å². The zero-order chi connectivity index (χ0) is 18.1. The predicted molar refractivity (Wildman–Crippen MR) is 99.0 cm³/mol. The van der Waals surface area contributed by atoms with Crippen molar-refractivity contribution >= 4 is 5.91 Å². The number of carbonyl (C=O) groups excluding carboxylic acids is 1. The number of amides is 1. The molecule has 2 aliphatic rings. The maximum absolute atomic E-state index is 13.5. The summed E-state index contributed by atoms with van der Waals surface area (Å²) in [5.74, 6) is 0.703. The lowest BCUT2D eigenvalue weighted by molar-refractivity contribution is 0.0695. The largest absolute Gasteiger partial charge is 0.339 e. The summed E-state index contributed by atoms with van der Waals surface area (Å²) in [4.78, 5) is 36.2. The second-order valence-electron chi connectivity index (χ2n) is 7.43. The molecule has 2 aliphatic heterocycles. The van der Waals surface area contributed by atoms with Crippen molar-refractivity contribution in [1.82, 2.24) is 19.4 Å². The third-order valence-electron chi connectivity index (χ3n) is 5.62. The quantitative estimate of drug-likeness (QED) is 0.833. The Hall–Kier alpha value is -2.50. The molecular formula is C20H24N4O2. The summed E-state index contributed by atoms with van der Waals surface area (Å²) >= 11 is 0. The van der Waals surface area contributed by atoms with E-state index in [1.807, 2.05) is 4.90 Å². The highest BCUT2D eigenvalue weighted by Crippen LogP contribution is 2.29. The molecule has 0 spiro atoms. The molecule has 26 heavy (non-hydrogen) atoms. The highest BCUT2D eigenvalue weighted by atomic mass is 16.2. The summed E-state index contributed by atoms with van der Waals surface area (Å²) in [5, 5.41) is 0. The van der Waals surface area contributed by atoms with Crippen LogP contribution in [0.2, 0.25) is 0 Å². The van der Waals surface area contributed by atoms with Gasteiger partial charge in [0.05, 0.1) is 5.56 Å². The van der Waals surface area contributed by atoms with Gasteiger partial charge in [-0.1, -0.05) is 6.92 Å². The first-order chi connectivity index (χ1) is 12.6. The normalized spacial score (nSPS) is 17.8. The number of piperidine rings is 1. The van der Waals surface area contributed by atoms with Crippen LogP contribution in [0.25, 0.3) is 11.1 Å². The number of carbonyl (C=O) groups is 1. The fraction of sp³-hybridized carbons (Fsp3) is 0.500. The van der Waals surface area contributed by atoms with Crippen LogP contribution in [0.1, 0.15) is 48.7 Å². The summed E-state index contributed by atoms with van der Waals surface area (Å²) in [6.07, 6.45) is 9.63. The Balaban J connectivity index is 1.85. The van der Waals surface area contributed by atoms with E-state index in [1.165, 1.54) is 6.33 Å². The van der Waals surface area contributed by atoms with Gasteiger partial charge in [-0.15, -0.1) is 0 Å². The molecule has 0 unspecified atom stereocenters. The van der Waals surface area contributed by atoms with Gasteiger partial charge in [0.2, 0.25) is 0 Å². The topological polar surface area (TPSA) is 68.1 Å². The average Bonchev–Trinajstić information content (AvgIpc) is 2.69. The van der Waals surface area contributed by atoms with Crippen LogP contribution in [0.5, 0.6) is 0 Å². The molecule has 1 amide bonds. The molecule has 0 atom stereocenters. The van der Waals surface area contributed by atoms with E-state index < -0.39 is 0 Å². The van der Waals surface area contributed by atoms with Crippen molar-refractivity contribution in [3.63, 3.8) is 0 Å². The molecule has 0 radical (unpaired) electrons. The first kappa shape index (κ1) is 16.9. The number of nitrogens with zero attached hydrogens (tertiary/aromatic N) is 4. The predicted octanol–water partition coefficient (Wildman–Crippen LogP) is 2.51. The van der Waals surface area contributed by atoms with E-state index in [1.54, 1.807) is 23.0 Å². The van der Waals surface area contributed by atoms with Gasteiger partial charge in [-0.2, -0.15) is 0 Å². The number of aromatic nitrogens is 3. The second kappa shape index (κ2) is 7.02. The fourth-order valence-electron chi connectivity index (χ4n) is 4.04. The second-order valence-corrected chi connectivity index (χ2v) is 7.43. The molecular weight excluding hydrogens is 328 g/mol. The standard InChI is InChI=1S/C20H24N4O2/c1-14-5-8-23(9-6-14)20(26)19-16(15-11-21-13-22-12-15)10-18(25)24-7-3-2-4-17(19)24/h10-14H,2-9H2,1H3. The van der Waals surface area contributed by atoms with Crippen LogP contribution in [-0.4, -0.2) is 38.4 Å². The molecule has 4 rings (SSSR count). The van der Waals surface area contributed by atoms with Crippen molar-refractivity contribution in [3.8, 4) is 11.1 Å². The molecule has 1 fully saturated rings. The Morgan fingerprint density at radius 3 is 2.58 bits per heavy atom. The number of rotatable bonds is 2. The lowest BCUT2D eigenvalue weighted by Gasteiger charge is -2.32. The zero-order valence-corrected chi connectivity index (χ0v) is 15.1. The molecule has 2 aromatic rings. The highest BCUT2D eigenvalue weighted by Gasteiger charge is 2.29. The van der Waals surface area contributed by atoms with Gasteiger partial charge in [0.25, 0.3) is 11.5 Å². The molecule has 0 bridgehead atoms. The van der Waals surface area contributed by atoms with E-state index in [4.69, 9.17) is 0 Å². The van der Waals surface area contributed by atoms with E-state index in [0.29, 0.717) is 23.6 Å². The maximum atomic E-state index is 13.5. The molecule has 0 N–H and O–H groups in total. The van der Waals surface area contributed by atoms with Crippen LogP contribution >= 0.6 is 0 Å². The third-order valence-corrected chi connectivity index (χ3v) is 5.62. The van der Waals surface area contributed by atoms with E-state index >= 15 is 0 Å². The molecule has 4 heterocycles. The molecule has 6 nitrogen and oxygen atoms in total. The van der Waals surface area contributed by atoms with Crippen molar-refractivity contribution in [3.05, 3.63) is 46.4 Å². The number of fused-ring (bicyclic) bond motifs is 1. The van der Waals surface area contributed by atoms with Crippen molar-refractivity contribution in [2.45, 2.75) is 45.6 Å². The van der Waals surface area contributed by atoms with Crippen LogP contribution in [0, 0.1) is 5.92 Å². The molecule has 0 aromatic carbocycles. The van der Waals surface area contributed by atoms with Crippen LogP contribution < -0.4 is 5.56 Å². The number of pyridine rings is 1. The Kier molecular flexibility index (Phi) is 4.57. The summed E-state index contributed by atoms with van der Waals surface area (Å²) in [7, 11) is 0. The molecule has 2 aromatic heterocycles. The van der Waals surface area contributed by atoms with Gasteiger partial charge < -0.3 is 9.47 Å². The summed E-state index contributed by atoms with van der Waals surface area (Å²) < 4.78 is 1.79. The fourth-order valence-corrected chi connectivity index (χ4v) is 4.04. The first-order valence-corrected chi connectivity index (χ1v) is 9.46. The Bertz CT molecular complexity index is 867. The Morgan fingerprint density at radius 2 is 1.85 bits per heavy atom. The minimum Gasteiger partial charge on any atom is -0.339 e. The first-order valence-electron chi connectivity index (χ1n) is 9.46. The minimum absolute atomic E-state index is 0.0395. The van der Waals surface area contributed by atoms with Gasteiger partial charge in [0.1, 0.15) is 6.33 Å². The maximum Gasteiger partial charge on any atom is 0.256 e. The van der Waals surface area contributed by atoms with Crippen molar-refractivity contribution in [1.29, 1.82) is 0 Å². The lowest BCUT2D eigenvalue weighted by Crippen LogP contribution is -2.40. The van der Waals surface area contributed by atoms with Gasteiger partial charge in [-0.25, -0.2) is 9.97 Å². The summed E-state index contributed by atoms with van der Waals surface area (Å²) in [6.45, 7) is 4.49. The van der Waals surface area contributed by atoms with Crippen molar-refractivity contribution in [2.75, 3.05) is 13.1 Å². The number of likely N-dealkylation sites (tertiary alicyclic amines) is 1. The van der Waals surface area contributed by atoms with Crippen LogP contribution in [-0.2, 0) is 13.0 Å². The van der Waals surface area contributed by atoms with E-state index in [-0.39, 0.29) is 11.5 Å². The zero-order valence-electron chi connectivity index (χ0n) is 15.1.